The highest BCUT2D eigenvalue weighted by Gasteiger charge is 2.20. The second kappa shape index (κ2) is 7.66. The monoisotopic (exact) mass is 353 g/mol. The zero-order valence-corrected chi connectivity index (χ0v) is 15.4. The molecule has 4 nitrogen and oxygen atoms in total. The van der Waals surface area contributed by atoms with Crippen LogP contribution in [0.3, 0.4) is 0 Å². The van der Waals surface area contributed by atoms with E-state index < -0.39 is 0 Å². The molecule has 1 aliphatic carbocycles. The number of hydrogen-bond acceptors (Lipinski definition) is 2. The zero-order valence-electron chi connectivity index (χ0n) is 14.6. The van der Waals surface area contributed by atoms with Gasteiger partial charge in [0, 0.05) is 25.3 Å². The Morgan fingerprint density at radius 1 is 1.12 bits per heavy atom. The van der Waals surface area contributed by atoms with Gasteiger partial charge in [0.15, 0.2) is 5.11 Å². The lowest BCUT2D eigenvalue weighted by Gasteiger charge is -2.27. The number of nitrogens with zero attached hydrogens (tertiary/aromatic N) is 1. The van der Waals surface area contributed by atoms with Crippen molar-refractivity contribution in [2.45, 2.75) is 25.3 Å². The molecule has 2 aromatic rings. The first kappa shape index (κ1) is 17.4. The predicted octanol–water partition coefficient (Wildman–Crippen LogP) is 3.75. The van der Waals surface area contributed by atoms with Crippen molar-refractivity contribution in [1.29, 1.82) is 0 Å². The third-order valence-electron chi connectivity index (χ3n) is 4.47. The number of rotatable bonds is 3. The first-order valence-electron chi connectivity index (χ1n) is 8.51. The van der Waals surface area contributed by atoms with E-state index in [2.05, 4.69) is 34.9 Å². The van der Waals surface area contributed by atoms with Gasteiger partial charge in [0.2, 0.25) is 0 Å². The molecule has 0 fully saturated rings. The largest absolute Gasteiger partial charge is 0.356 e. The van der Waals surface area contributed by atoms with Crippen LogP contribution in [0.1, 0.15) is 40.4 Å². The van der Waals surface area contributed by atoms with Crippen molar-refractivity contribution in [3.05, 3.63) is 65.2 Å². The summed E-state index contributed by atoms with van der Waals surface area (Å²) in [4.78, 5) is 13.5. The number of hydrogen-bond donors (Lipinski definition) is 2. The van der Waals surface area contributed by atoms with Gasteiger partial charge in [0.25, 0.3) is 5.91 Å². The second-order valence-corrected chi connectivity index (χ2v) is 6.93. The van der Waals surface area contributed by atoms with Crippen LogP contribution in [-0.4, -0.2) is 30.0 Å². The number of anilines is 1. The summed E-state index contributed by atoms with van der Waals surface area (Å²) in [6, 6.07) is 16.2. The number of benzene rings is 2. The topological polar surface area (TPSA) is 44.4 Å². The highest BCUT2D eigenvalue weighted by Crippen LogP contribution is 2.29. The fraction of sp³-hybridized carbons (Fsp3) is 0.300. The lowest BCUT2D eigenvalue weighted by atomic mass is 9.88. The van der Waals surface area contributed by atoms with E-state index in [1.807, 2.05) is 24.3 Å². The maximum Gasteiger partial charge on any atom is 0.253 e. The molecule has 25 heavy (non-hydrogen) atoms. The highest BCUT2D eigenvalue weighted by molar-refractivity contribution is 7.80. The van der Waals surface area contributed by atoms with E-state index in [1.54, 1.807) is 19.0 Å². The summed E-state index contributed by atoms with van der Waals surface area (Å²) < 4.78 is 0. The van der Waals surface area contributed by atoms with Crippen molar-refractivity contribution in [2.75, 3.05) is 19.4 Å². The van der Waals surface area contributed by atoms with Crippen LogP contribution in [0.25, 0.3) is 0 Å². The molecular formula is C20H23N3OS. The van der Waals surface area contributed by atoms with Crippen molar-refractivity contribution in [2.24, 2.45) is 0 Å². The van der Waals surface area contributed by atoms with Crippen molar-refractivity contribution in [1.82, 2.24) is 10.2 Å². The first-order valence-corrected chi connectivity index (χ1v) is 8.92. The zero-order chi connectivity index (χ0) is 17.8. The Labute approximate surface area is 154 Å². The van der Waals surface area contributed by atoms with Gasteiger partial charge in [0.1, 0.15) is 0 Å². The summed E-state index contributed by atoms with van der Waals surface area (Å²) in [7, 11) is 3.49. The molecule has 0 saturated heterocycles. The van der Waals surface area contributed by atoms with E-state index in [1.165, 1.54) is 17.5 Å². The first-order chi connectivity index (χ1) is 12.0. The van der Waals surface area contributed by atoms with Gasteiger partial charge in [-0.1, -0.05) is 24.3 Å². The predicted molar refractivity (Wildman–Crippen MR) is 106 cm³/mol. The number of fused-ring (bicyclic) bond motifs is 1. The van der Waals surface area contributed by atoms with Crippen molar-refractivity contribution in [3.63, 3.8) is 0 Å². The molecule has 0 aliphatic heterocycles. The molecule has 3 rings (SSSR count). The smallest absolute Gasteiger partial charge is 0.253 e. The molecule has 1 atom stereocenters. The van der Waals surface area contributed by atoms with Crippen molar-refractivity contribution < 1.29 is 4.79 Å². The van der Waals surface area contributed by atoms with Gasteiger partial charge in [-0.05, 0) is 66.9 Å². The fourth-order valence-corrected chi connectivity index (χ4v) is 3.44. The summed E-state index contributed by atoms with van der Waals surface area (Å²) >= 11 is 5.47. The van der Waals surface area contributed by atoms with Crippen LogP contribution in [0.15, 0.2) is 48.5 Å². The summed E-state index contributed by atoms with van der Waals surface area (Å²) in [5.74, 6) is -0.00827. The van der Waals surface area contributed by atoms with Gasteiger partial charge in [-0.15, -0.1) is 0 Å². The lowest BCUT2D eigenvalue weighted by Crippen LogP contribution is -2.34. The maximum atomic E-state index is 11.9. The third-order valence-corrected chi connectivity index (χ3v) is 4.69. The Morgan fingerprint density at radius 2 is 1.84 bits per heavy atom. The van der Waals surface area contributed by atoms with Gasteiger partial charge in [-0.25, -0.2) is 0 Å². The minimum Gasteiger partial charge on any atom is -0.356 e. The van der Waals surface area contributed by atoms with E-state index in [9.17, 15) is 4.79 Å². The summed E-state index contributed by atoms with van der Waals surface area (Å²) in [5.41, 5.74) is 4.28. The minimum absolute atomic E-state index is 0.00827. The van der Waals surface area contributed by atoms with Crippen LogP contribution >= 0.6 is 12.2 Å². The van der Waals surface area contributed by atoms with Gasteiger partial charge in [-0.2, -0.15) is 0 Å². The number of thiocarbonyl (C=S) groups is 1. The Morgan fingerprint density at radius 3 is 2.56 bits per heavy atom. The average molecular weight is 353 g/mol. The maximum absolute atomic E-state index is 11.9. The van der Waals surface area contributed by atoms with Crippen LogP contribution < -0.4 is 10.6 Å². The Balaban J connectivity index is 1.63. The second-order valence-electron chi connectivity index (χ2n) is 6.52. The molecule has 0 heterocycles. The molecule has 0 spiro atoms. The van der Waals surface area contributed by atoms with Crippen LogP contribution in [0, 0.1) is 0 Å². The van der Waals surface area contributed by atoms with E-state index in [0.717, 1.165) is 18.5 Å². The summed E-state index contributed by atoms with van der Waals surface area (Å²) in [6.07, 6.45) is 3.38. The van der Waals surface area contributed by atoms with Crippen LogP contribution in [0.2, 0.25) is 0 Å². The quantitative estimate of drug-likeness (QED) is 0.825. The molecule has 0 bridgehead atoms. The third kappa shape index (κ3) is 4.17. The van der Waals surface area contributed by atoms with Crippen LogP contribution in [0.5, 0.6) is 0 Å². The standard InChI is InChI=1S/C20H23N3OS/c1-23(2)19(24)15-10-12-16(13-11-15)21-20(25)22-18-9-5-7-14-6-3-4-8-17(14)18/h3-4,6,8,10-13,18H,5,7,9H2,1-2H3,(H2,21,22,25)/t18-/m1/s1. The van der Waals surface area contributed by atoms with E-state index in [-0.39, 0.29) is 11.9 Å². The molecule has 2 aromatic carbocycles. The molecule has 0 aromatic heterocycles. The number of carbonyl (C=O) groups is 1. The number of nitrogens with one attached hydrogen (secondary N) is 2. The normalized spacial score (nSPS) is 15.8. The number of amides is 1. The fourth-order valence-electron chi connectivity index (χ4n) is 3.18. The average Bonchev–Trinajstić information content (AvgIpc) is 2.62. The van der Waals surface area contributed by atoms with Gasteiger partial charge in [-0.3, -0.25) is 4.79 Å². The summed E-state index contributed by atoms with van der Waals surface area (Å²) in [6.45, 7) is 0. The molecular weight excluding hydrogens is 330 g/mol. The molecule has 0 unspecified atom stereocenters. The Bertz CT molecular complexity index is 771. The van der Waals surface area contributed by atoms with Gasteiger partial charge in [0.05, 0.1) is 6.04 Å². The van der Waals surface area contributed by atoms with E-state index >= 15 is 0 Å². The summed E-state index contributed by atoms with van der Waals surface area (Å²) in [5, 5.41) is 7.24. The Hall–Kier alpha value is -2.40. The van der Waals surface area contributed by atoms with Crippen molar-refractivity contribution >= 4 is 28.9 Å². The minimum atomic E-state index is -0.00827. The lowest BCUT2D eigenvalue weighted by molar-refractivity contribution is 0.0827. The SMILES string of the molecule is CN(C)C(=O)c1ccc(NC(=S)N[C@@H]2CCCc3ccccc32)cc1. The molecule has 130 valence electrons. The van der Waals surface area contributed by atoms with E-state index in [4.69, 9.17) is 12.2 Å². The Kier molecular flexibility index (Phi) is 5.34. The molecule has 1 aliphatic rings. The molecule has 5 heteroatoms. The molecule has 0 radical (unpaired) electrons. The molecule has 0 saturated carbocycles. The molecule has 2 N–H and O–H groups in total. The van der Waals surface area contributed by atoms with Crippen LogP contribution in [-0.2, 0) is 6.42 Å². The van der Waals surface area contributed by atoms with Gasteiger partial charge >= 0.3 is 0 Å². The number of carbonyl (C=O) groups excluding carboxylic acids is 1. The van der Waals surface area contributed by atoms with Gasteiger partial charge < -0.3 is 15.5 Å². The molecule has 1 amide bonds. The number of aryl methyl sites for hydroxylation is 1. The van der Waals surface area contributed by atoms with Crippen LogP contribution in [0.4, 0.5) is 5.69 Å². The van der Waals surface area contributed by atoms with E-state index in [0.29, 0.717) is 10.7 Å². The van der Waals surface area contributed by atoms with Crippen molar-refractivity contribution in [3.8, 4) is 0 Å². The highest BCUT2D eigenvalue weighted by atomic mass is 32.1.